The number of anilines is 1. The molecule has 1 N–H and O–H groups in total. The zero-order chi connectivity index (χ0) is 16.3. The molecule has 1 aromatic carbocycles. The second-order valence-electron chi connectivity index (χ2n) is 6.36. The van der Waals surface area contributed by atoms with Gasteiger partial charge in [0.05, 0.1) is 10.4 Å². The van der Waals surface area contributed by atoms with E-state index in [2.05, 4.69) is 15.3 Å². The predicted molar refractivity (Wildman–Crippen MR) is 92.4 cm³/mol. The molecular weight excluding hydrogens is 310 g/mol. The number of fused-ring (bicyclic) bond motifs is 1. The van der Waals surface area contributed by atoms with Crippen LogP contribution in [0.15, 0.2) is 29.4 Å². The SMILES string of the molecule is CS(=O)(=O)c1ccc2ncnc(NC3CCCCCCC3)c2c1. The van der Waals surface area contributed by atoms with Gasteiger partial charge in [0, 0.05) is 17.7 Å². The fraction of sp³-hybridized carbons (Fsp3) is 0.529. The summed E-state index contributed by atoms with van der Waals surface area (Å²) in [6.07, 6.45) is 11.4. The Balaban J connectivity index is 1.92. The highest BCUT2D eigenvalue weighted by atomic mass is 32.2. The maximum atomic E-state index is 11.8. The summed E-state index contributed by atoms with van der Waals surface area (Å²) in [4.78, 5) is 8.91. The highest BCUT2D eigenvalue weighted by Crippen LogP contribution is 2.26. The molecule has 0 bridgehead atoms. The van der Waals surface area contributed by atoms with Crippen LogP contribution in [0, 0.1) is 0 Å². The number of hydrogen-bond donors (Lipinski definition) is 1. The van der Waals surface area contributed by atoms with E-state index in [1.54, 1.807) is 18.2 Å². The molecule has 1 heterocycles. The van der Waals surface area contributed by atoms with Crippen LogP contribution in [0.4, 0.5) is 5.82 Å². The van der Waals surface area contributed by atoms with Crippen molar-refractivity contribution in [3.8, 4) is 0 Å². The molecule has 6 heteroatoms. The van der Waals surface area contributed by atoms with Gasteiger partial charge < -0.3 is 5.32 Å². The first-order valence-corrected chi connectivity index (χ1v) is 10.1. The van der Waals surface area contributed by atoms with E-state index in [9.17, 15) is 8.42 Å². The van der Waals surface area contributed by atoms with Crippen LogP contribution in [0.1, 0.15) is 44.9 Å². The van der Waals surface area contributed by atoms with Gasteiger partial charge in [0.1, 0.15) is 12.1 Å². The maximum absolute atomic E-state index is 11.8. The van der Waals surface area contributed by atoms with Crippen molar-refractivity contribution in [3.05, 3.63) is 24.5 Å². The van der Waals surface area contributed by atoms with E-state index >= 15 is 0 Å². The van der Waals surface area contributed by atoms with Crippen LogP contribution in [-0.4, -0.2) is 30.7 Å². The Morgan fingerprint density at radius 2 is 1.74 bits per heavy atom. The van der Waals surface area contributed by atoms with E-state index in [0.717, 1.165) is 29.6 Å². The van der Waals surface area contributed by atoms with Gasteiger partial charge in [0.2, 0.25) is 0 Å². The van der Waals surface area contributed by atoms with Crippen LogP contribution in [0.3, 0.4) is 0 Å². The van der Waals surface area contributed by atoms with Gasteiger partial charge in [0.25, 0.3) is 0 Å². The fourth-order valence-electron chi connectivity index (χ4n) is 3.18. The normalized spacial score (nSPS) is 17.6. The molecule has 1 aliphatic carbocycles. The lowest BCUT2D eigenvalue weighted by Gasteiger charge is -2.22. The van der Waals surface area contributed by atoms with Crippen LogP contribution in [0.2, 0.25) is 0 Å². The summed E-state index contributed by atoms with van der Waals surface area (Å²) in [5.41, 5.74) is 0.765. The van der Waals surface area contributed by atoms with Gasteiger partial charge in [-0.25, -0.2) is 18.4 Å². The van der Waals surface area contributed by atoms with Gasteiger partial charge in [-0.1, -0.05) is 32.1 Å². The molecule has 1 aromatic heterocycles. The van der Waals surface area contributed by atoms with Crippen LogP contribution in [0.5, 0.6) is 0 Å². The lowest BCUT2D eigenvalue weighted by atomic mass is 9.96. The number of aromatic nitrogens is 2. The molecule has 1 aliphatic rings. The third-order valence-corrected chi connectivity index (χ3v) is 5.59. The van der Waals surface area contributed by atoms with E-state index < -0.39 is 9.84 Å². The van der Waals surface area contributed by atoms with Crippen molar-refractivity contribution in [2.45, 2.75) is 55.9 Å². The van der Waals surface area contributed by atoms with Gasteiger partial charge in [-0.3, -0.25) is 0 Å². The Morgan fingerprint density at radius 3 is 2.43 bits per heavy atom. The average Bonchev–Trinajstić information content (AvgIpc) is 2.48. The molecule has 124 valence electrons. The van der Waals surface area contributed by atoms with Crippen molar-refractivity contribution in [1.82, 2.24) is 9.97 Å². The van der Waals surface area contributed by atoms with E-state index in [-0.39, 0.29) is 0 Å². The molecule has 23 heavy (non-hydrogen) atoms. The van der Waals surface area contributed by atoms with E-state index in [1.807, 2.05) is 0 Å². The summed E-state index contributed by atoms with van der Waals surface area (Å²) in [5, 5.41) is 4.30. The number of hydrogen-bond acceptors (Lipinski definition) is 5. The van der Waals surface area contributed by atoms with E-state index in [1.165, 1.54) is 44.7 Å². The zero-order valence-electron chi connectivity index (χ0n) is 13.5. The third kappa shape index (κ3) is 3.99. The molecule has 0 unspecified atom stereocenters. The van der Waals surface area contributed by atoms with Gasteiger partial charge in [-0.05, 0) is 31.0 Å². The molecule has 0 amide bonds. The van der Waals surface area contributed by atoms with Crippen molar-refractivity contribution in [2.75, 3.05) is 11.6 Å². The highest BCUT2D eigenvalue weighted by molar-refractivity contribution is 7.90. The molecule has 0 saturated heterocycles. The molecule has 3 rings (SSSR count). The highest BCUT2D eigenvalue weighted by Gasteiger charge is 2.15. The minimum Gasteiger partial charge on any atom is -0.367 e. The second kappa shape index (κ2) is 6.83. The van der Waals surface area contributed by atoms with Gasteiger partial charge in [-0.2, -0.15) is 0 Å². The van der Waals surface area contributed by atoms with Crippen LogP contribution >= 0.6 is 0 Å². The monoisotopic (exact) mass is 333 g/mol. The number of benzene rings is 1. The van der Waals surface area contributed by atoms with Gasteiger partial charge in [0.15, 0.2) is 9.84 Å². The van der Waals surface area contributed by atoms with Gasteiger partial charge in [-0.15, -0.1) is 0 Å². The molecule has 0 spiro atoms. The predicted octanol–water partition coefficient (Wildman–Crippen LogP) is 3.56. The maximum Gasteiger partial charge on any atom is 0.175 e. The summed E-state index contributed by atoms with van der Waals surface area (Å²) in [6.45, 7) is 0. The van der Waals surface area contributed by atoms with Crippen molar-refractivity contribution < 1.29 is 8.42 Å². The Hall–Kier alpha value is -1.69. The third-order valence-electron chi connectivity index (χ3n) is 4.48. The van der Waals surface area contributed by atoms with Crippen molar-refractivity contribution in [1.29, 1.82) is 0 Å². The first-order chi connectivity index (χ1) is 11.0. The largest absolute Gasteiger partial charge is 0.367 e. The second-order valence-corrected chi connectivity index (χ2v) is 8.38. The molecule has 1 saturated carbocycles. The van der Waals surface area contributed by atoms with Gasteiger partial charge >= 0.3 is 0 Å². The van der Waals surface area contributed by atoms with Crippen LogP contribution < -0.4 is 5.32 Å². The zero-order valence-corrected chi connectivity index (χ0v) is 14.3. The molecular formula is C17H23N3O2S. The van der Waals surface area contributed by atoms with E-state index in [0.29, 0.717) is 10.9 Å². The number of nitrogens with zero attached hydrogens (tertiary/aromatic N) is 2. The molecule has 0 radical (unpaired) electrons. The quantitative estimate of drug-likeness (QED) is 0.930. The Labute approximate surface area is 137 Å². The number of rotatable bonds is 3. The first-order valence-electron chi connectivity index (χ1n) is 8.25. The average molecular weight is 333 g/mol. The molecule has 0 aliphatic heterocycles. The smallest absolute Gasteiger partial charge is 0.175 e. The molecule has 2 aromatic rings. The molecule has 0 atom stereocenters. The first kappa shape index (κ1) is 16.2. The number of nitrogens with one attached hydrogen (secondary N) is 1. The Bertz CT molecular complexity index is 782. The topological polar surface area (TPSA) is 72.0 Å². The van der Waals surface area contributed by atoms with Crippen molar-refractivity contribution in [2.24, 2.45) is 0 Å². The Morgan fingerprint density at radius 1 is 1.04 bits per heavy atom. The minimum absolute atomic E-state index is 0.306. The van der Waals surface area contributed by atoms with Crippen molar-refractivity contribution >= 4 is 26.6 Å². The summed E-state index contributed by atoms with van der Waals surface area (Å²) >= 11 is 0. The Kier molecular flexibility index (Phi) is 4.80. The summed E-state index contributed by atoms with van der Waals surface area (Å²) in [6, 6.07) is 5.42. The fourth-order valence-corrected chi connectivity index (χ4v) is 3.82. The van der Waals surface area contributed by atoms with E-state index in [4.69, 9.17) is 0 Å². The molecule has 1 fully saturated rings. The van der Waals surface area contributed by atoms with Crippen LogP contribution in [-0.2, 0) is 9.84 Å². The standard InChI is InChI=1S/C17H23N3O2S/c1-23(21,22)14-9-10-16-15(11-14)17(19-12-18-16)20-13-7-5-3-2-4-6-8-13/h9-13H,2-8H2,1H3,(H,18,19,20). The lowest BCUT2D eigenvalue weighted by molar-refractivity contribution is 0.471. The molecule has 5 nitrogen and oxygen atoms in total. The van der Waals surface area contributed by atoms with Crippen molar-refractivity contribution in [3.63, 3.8) is 0 Å². The summed E-state index contributed by atoms with van der Waals surface area (Å²) in [7, 11) is -3.24. The van der Waals surface area contributed by atoms with Crippen LogP contribution in [0.25, 0.3) is 10.9 Å². The lowest BCUT2D eigenvalue weighted by Crippen LogP contribution is -2.21. The summed E-state index contributed by atoms with van der Waals surface area (Å²) in [5.74, 6) is 0.742. The minimum atomic E-state index is -3.24. The number of sulfone groups is 1. The summed E-state index contributed by atoms with van der Waals surface area (Å²) < 4.78 is 23.6.